The third-order valence-electron chi connectivity index (χ3n) is 2.18. The van der Waals surface area contributed by atoms with Gasteiger partial charge in [0.25, 0.3) is 0 Å². The van der Waals surface area contributed by atoms with Gasteiger partial charge in [-0.25, -0.2) is 9.78 Å². The van der Waals surface area contributed by atoms with Crippen molar-refractivity contribution in [3.63, 3.8) is 0 Å². The maximum atomic E-state index is 11.3. The van der Waals surface area contributed by atoms with Crippen molar-refractivity contribution in [2.45, 2.75) is 13.0 Å². The Hall–Kier alpha value is -2.22. The number of aliphatic hydroxyl groups is 1. The second kappa shape index (κ2) is 5.92. The monoisotopic (exact) mass is 255 g/mol. The normalized spacial score (nSPS) is 11.7. The number of ether oxygens (including phenoxy) is 1. The molecule has 0 radical (unpaired) electrons. The molecule has 8 nitrogen and oxygen atoms in total. The molecule has 1 unspecified atom stereocenters. The Morgan fingerprint density at radius 3 is 2.89 bits per heavy atom. The molecule has 0 bridgehead atoms. The van der Waals surface area contributed by atoms with Gasteiger partial charge in [0.05, 0.1) is 18.6 Å². The number of rotatable bonds is 5. The van der Waals surface area contributed by atoms with Crippen LogP contribution in [0.1, 0.15) is 5.56 Å². The maximum absolute atomic E-state index is 11.3. The number of carbonyl (C=O) groups excluding carboxylic acids is 1. The highest BCUT2D eigenvalue weighted by molar-refractivity contribution is 5.80. The fraction of sp³-hybridized carbons (Fsp3) is 0.400. The fourth-order valence-corrected chi connectivity index (χ4v) is 1.29. The first-order valence-corrected chi connectivity index (χ1v) is 5.05. The number of aryl methyl sites for hydroxylation is 1. The van der Waals surface area contributed by atoms with Crippen LogP contribution in [0.2, 0.25) is 0 Å². The molecule has 2 N–H and O–H groups in total. The zero-order valence-corrected chi connectivity index (χ0v) is 9.91. The van der Waals surface area contributed by atoms with Gasteiger partial charge in [0, 0.05) is 12.3 Å². The zero-order valence-electron chi connectivity index (χ0n) is 9.91. The average Bonchev–Trinajstić information content (AvgIpc) is 2.36. The van der Waals surface area contributed by atoms with Gasteiger partial charge in [-0.15, -0.1) is 0 Å². The summed E-state index contributed by atoms with van der Waals surface area (Å²) in [5.41, 5.74) is 0.350. The second-order valence-corrected chi connectivity index (χ2v) is 3.54. The number of carbonyl (C=O) groups is 1. The topological polar surface area (TPSA) is 115 Å². The van der Waals surface area contributed by atoms with E-state index in [2.05, 4.69) is 15.0 Å². The van der Waals surface area contributed by atoms with E-state index in [4.69, 9.17) is 5.11 Å². The molecule has 0 fully saturated rings. The molecule has 18 heavy (non-hydrogen) atoms. The van der Waals surface area contributed by atoms with Gasteiger partial charge >= 0.3 is 11.7 Å². The Morgan fingerprint density at radius 2 is 2.39 bits per heavy atom. The molecule has 0 spiro atoms. The van der Waals surface area contributed by atoms with E-state index in [1.807, 2.05) is 0 Å². The minimum absolute atomic E-state index is 0.0879. The molecule has 0 amide bonds. The van der Waals surface area contributed by atoms with Crippen LogP contribution < -0.4 is 5.32 Å². The van der Waals surface area contributed by atoms with E-state index in [9.17, 15) is 14.9 Å². The molecule has 1 rings (SSSR count). The van der Waals surface area contributed by atoms with Crippen LogP contribution in [0.4, 0.5) is 11.5 Å². The van der Waals surface area contributed by atoms with Crippen LogP contribution in [-0.4, -0.2) is 40.7 Å². The molecular formula is C10H13N3O5. The van der Waals surface area contributed by atoms with E-state index >= 15 is 0 Å². The third kappa shape index (κ3) is 3.14. The van der Waals surface area contributed by atoms with Crippen LogP contribution >= 0.6 is 0 Å². The van der Waals surface area contributed by atoms with Gasteiger partial charge in [-0.2, -0.15) is 0 Å². The van der Waals surface area contributed by atoms with Crippen molar-refractivity contribution in [2.24, 2.45) is 0 Å². The molecule has 98 valence electrons. The summed E-state index contributed by atoms with van der Waals surface area (Å²) in [5, 5.41) is 22.3. The summed E-state index contributed by atoms with van der Waals surface area (Å²) in [7, 11) is 1.16. The van der Waals surface area contributed by atoms with Crippen molar-refractivity contribution in [1.29, 1.82) is 0 Å². The van der Waals surface area contributed by atoms with Gasteiger partial charge < -0.3 is 15.2 Å². The number of anilines is 1. The van der Waals surface area contributed by atoms with Crippen molar-refractivity contribution in [3.8, 4) is 0 Å². The number of aliphatic hydroxyl groups excluding tert-OH is 1. The minimum Gasteiger partial charge on any atom is -0.467 e. The highest BCUT2D eigenvalue weighted by Gasteiger charge is 2.23. The van der Waals surface area contributed by atoms with E-state index < -0.39 is 23.5 Å². The van der Waals surface area contributed by atoms with Gasteiger partial charge in [-0.1, -0.05) is 0 Å². The number of methoxy groups -OCH3 is 1. The quantitative estimate of drug-likeness (QED) is 0.440. The predicted octanol–water partition coefficient (Wildman–Crippen LogP) is 0.244. The Kier molecular flexibility index (Phi) is 4.55. The van der Waals surface area contributed by atoms with Crippen LogP contribution in [0.3, 0.4) is 0 Å². The lowest BCUT2D eigenvalue weighted by Crippen LogP contribution is -2.34. The summed E-state index contributed by atoms with van der Waals surface area (Å²) in [5.74, 6) is -0.816. The third-order valence-corrected chi connectivity index (χ3v) is 2.18. The zero-order chi connectivity index (χ0) is 13.7. The van der Waals surface area contributed by atoms with Gasteiger partial charge in [0.15, 0.2) is 0 Å². The van der Waals surface area contributed by atoms with Crippen molar-refractivity contribution >= 4 is 17.5 Å². The molecular weight excluding hydrogens is 242 g/mol. The molecule has 0 saturated heterocycles. The molecule has 1 aromatic rings. The van der Waals surface area contributed by atoms with Crippen molar-refractivity contribution in [2.75, 3.05) is 19.0 Å². The molecule has 8 heteroatoms. The second-order valence-electron chi connectivity index (χ2n) is 3.54. The van der Waals surface area contributed by atoms with Crippen molar-refractivity contribution in [3.05, 3.63) is 27.9 Å². The van der Waals surface area contributed by atoms with Crippen LogP contribution in [0, 0.1) is 17.0 Å². The number of nitrogens with one attached hydrogen (secondary N) is 1. The first-order valence-electron chi connectivity index (χ1n) is 5.05. The van der Waals surface area contributed by atoms with Crippen LogP contribution in [0.5, 0.6) is 0 Å². The van der Waals surface area contributed by atoms with Crippen molar-refractivity contribution < 1.29 is 19.6 Å². The van der Waals surface area contributed by atoms with Crippen molar-refractivity contribution in [1.82, 2.24) is 4.98 Å². The lowest BCUT2D eigenvalue weighted by atomic mass is 10.2. The van der Waals surface area contributed by atoms with Gasteiger partial charge in [0.1, 0.15) is 6.04 Å². The Morgan fingerprint density at radius 1 is 1.72 bits per heavy atom. The molecule has 1 heterocycles. The summed E-state index contributed by atoms with van der Waals surface area (Å²) >= 11 is 0. The average molecular weight is 255 g/mol. The highest BCUT2D eigenvalue weighted by atomic mass is 16.6. The minimum atomic E-state index is -1.09. The molecule has 0 aliphatic carbocycles. The van der Waals surface area contributed by atoms with Gasteiger partial charge in [-0.3, -0.25) is 10.1 Å². The fourth-order valence-electron chi connectivity index (χ4n) is 1.29. The summed E-state index contributed by atoms with van der Waals surface area (Å²) in [6.07, 6.45) is 1.42. The first-order chi connectivity index (χ1) is 8.49. The molecule has 1 aromatic heterocycles. The Bertz CT molecular complexity index is 463. The van der Waals surface area contributed by atoms with E-state index in [1.54, 1.807) is 6.92 Å². The van der Waals surface area contributed by atoms with E-state index in [0.29, 0.717) is 5.56 Å². The molecule has 0 aliphatic rings. The smallest absolute Gasteiger partial charge is 0.330 e. The maximum Gasteiger partial charge on any atom is 0.330 e. The molecule has 0 aliphatic heterocycles. The van der Waals surface area contributed by atoms with Gasteiger partial charge in [0.2, 0.25) is 5.82 Å². The van der Waals surface area contributed by atoms with E-state index in [-0.39, 0.29) is 11.5 Å². The summed E-state index contributed by atoms with van der Waals surface area (Å²) < 4.78 is 4.44. The summed E-state index contributed by atoms with van der Waals surface area (Å²) in [6, 6.07) is 0.227. The lowest BCUT2D eigenvalue weighted by Gasteiger charge is -2.14. The number of hydrogen-bond acceptors (Lipinski definition) is 7. The van der Waals surface area contributed by atoms with E-state index in [1.165, 1.54) is 12.3 Å². The Labute approximate surface area is 103 Å². The molecule has 1 atom stereocenters. The molecule has 0 aromatic carbocycles. The van der Waals surface area contributed by atoms with Crippen LogP contribution in [0.15, 0.2) is 12.3 Å². The van der Waals surface area contributed by atoms with Crippen LogP contribution in [-0.2, 0) is 9.53 Å². The number of nitrogens with zero attached hydrogens (tertiary/aromatic N) is 2. The SMILES string of the molecule is COC(=O)C(CO)Nc1ncc(C)cc1[N+](=O)[O-]. The standard InChI is InChI=1S/C10H13N3O5/c1-6-3-8(13(16)17)9(11-4-6)12-7(5-14)10(15)18-2/h3-4,7,14H,5H2,1-2H3,(H,11,12). The van der Waals surface area contributed by atoms with Gasteiger partial charge in [-0.05, 0) is 12.5 Å². The predicted molar refractivity (Wildman–Crippen MR) is 62.1 cm³/mol. The summed E-state index contributed by atoms with van der Waals surface area (Å²) in [6.45, 7) is 1.10. The number of hydrogen-bond donors (Lipinski definition) is 2. The lowest BCUT2D eigenvalue weighted by molar-refractivity contribution is -0.384. The largest absolute Gasteiger partial charge is 0.467 e. The first kappa shape index (κ1) is 13.8. The number of esters is 1. The number of pyridine rings is 1. The Balaban J connectivity index is 3.02. The molecule has 0 saturated carbocycles. The highest BCUT2D eigenvalue weighted by Crippen LogP contribution is 2.23. The number of aromatic nitrogens is 1. The van der Waals surface area contributed by atoms with Crippen LogP contribution in [0.25, 0.3) is 0 Å². The summed E-state index contributed by atoms with van der Waals surface area (Å²) in [4.78, 5) is 25.3. The van der Waals surface area contributed by atoms with E-state index in [0.717, 1.165) is 7.11 Å². The number of nitro groups is 1.